The number of aliphatic hydroxyl groups excluding tert-OH is 1. The molecule has 3 aliphatic rings. The number of carbonyl (C=O) groups is 2. The van der Waals surface area contributed by atoms with E-state index in [0.29, 0.717) is 18.4 Å². The Balaban J connectivity index is 2.22. The first-order valence-corrected chi connectivity index (χ1v) is 6.98. The molecule has 2 N–H and O–H groups in total. The van der Waals surface area contributed by atoms with Gasteiger partial charge in [-0.1, -0.05) is 20.8 Å². The zero-order valence-electron chi connectivity index (χ0n) is 12.0. The third-order valence-electron chi connectivity index (χ3n) is 5.71. The first-order valence-electron chi connectivity index (χ1n) is 6.98. The van der Waals surface area contributed by atoms with Crippen LogP contribution >= 0.6 is 0 Å². The van der Waals surface area contributed by atoms with Crippen LogP contribution in [0, 0.1) is 16.7 Å². The van der Waals surface area contributed by atoms with E-state index in [1.165, 1.54) is 6.08 Å². The molecular formula is C15H20O5. The second-order valence-corrected chi connectivity index (χ2v) is 7.01. The number of ketones is 1. The zero-order chi connectivity index (χ0) is 14.9. The fourth-order valence-electron chi connectivity index (χ4n) is 4.58. The molecule has 2 aliphatic carbocycles. The largest absolute Gasteiger partial charge is 0.459 e. The summed E-state index contributed by atoms with van der Waals surface area (Å²) >= 11 is 0. The van der Waals surface area contributed by atoms with E-state index in [2.05, 4.69) is 0 Å². The summed E-state index contributed by atoms with van der Waals surface area (Å²) in [5, 5.41) is 21.5. The maximum atomic E-state index is 12.2. The van der Waals surface area contributed by atoms with Gasteiger partial charge in [0.2, 0.25) is 0 Å². The van der Waals surface area contributed by atoms with Gasteiger partial charge >= 0.3 is 5.97 Å². The van der Waals surface area contributed by atoms with Crippen molar-refractivity contribution >= 4 is 11.8 Å². The standard InChI is InChI=1S/C15H20O5/c1-13(2)10(17)4-5-14(3)11(13)9(16)6-8-7-20-12(18)15(8,14)19/h6,9,11,16,19H,4-5,7H2,1-3H3/t9-,11+,14+,15+/m0/s1. The van der Waals surface area contributed by atoms with Crippen LogP contribution in [0.5, 0.6) is 0 Å². The van der Waals surface area contributed by atoms with Crippen LogP contribution in [0.15, 0.2) is 11.6 Å². The first-order chi connectivity index (χ1) is 9.15. The fraction of sp³-hybridized carbons (Fsp3) is 0.733. The second-order valence-electron chi connectivity index (χ2n) is 7.01. The van der Waals surface area contributed by atoms with Gasteiger partial charge in [-0.15, -0.1) is 0 Å². The van der Waals surface area contributed by atoms with Crippen LogP contribution in [0.3, 0.4) is 0 Å². The summed E-state index contributed by atoms with van der Waals surface area (Å²) in [6.07, 6.45) is 1.32. The first kappa shape index (κ1) is 13.8. The van der Waals surface area contributed by atoms with Crippen LogP contribution < -0.4 is 0 Å². The Labute approximate surface area is 117 Å². The van der Waals surface area contributed by atoms with E-state index in [9.17, 15) is 19.8 Å². The van der Waals surface area contributed by atoms with Crippen LogP contribution in [0.2, 0.25) is 0 Å². The van der Waals surface area contributed by atoms with Gasteiger partial charge in [0.1, 0.15) is 12.4 Å². The highest BCUT2D eigenvalue weighted by molar-refractivity contribution is 5.91. The van der Waals surface area contributed by atoms with E-state index in [1.54, 1.807) is 20.8 Å². The molecule has 0 aromatic carbocycles. The number of carbonyl (C=O) groups excluding carboxylic acids is 2. The molecule has 20 heavy (non-hydrogen) atoms. The van der Waals surface area contributed by atoms with E-state index in [0.717, 1.165) is 0 Å². The number of esters is 1. The van der Waals surface area contributed by atoms with Crippen molar-refractivity contribution in [2.45, 2.75) is 45.3 Å². The normalized spacial score (nSPS) is 46.4. The summed E-state index contributed by atoms with van der Waals surface area (Å²) in [7, 11) is 0. The highest BCUT2D eigenvalue weighted by atomic mass is 16.6. The Morgan fingerprint density at radius 2 is 1.95 bits per heavy atom. The molecule has 0 unspecified atom stereocenters. The van der Waals surface area contributed by atoms with Gasteiger partial charge in [0, 0.05) is 28.7 Å². The van der Waals surface area contributed by atoms with Crippen molar-refractivity contribution in [3.05, 3.63) is 11.6 Å². The fourth-order valence-corrected chi connectivity index (χ4v) is 4.58. The summed E-state index contributed by atoms with van der Waals surface area (Å²) in [6.45, 7) is 5.37. The van der Waals surface area contributed by atoms with E-state index in [-0.39, 0.29) is 12.4 Å². The minimum absolute atomic E-state index is 0.0169. The predicted molar refractivity (Wildman–Crippen MR) is 69.6 cm³/mol. The number of Topliss-reactive ketones (excluding diaryl/α,β-unsaturated/α-hetero) is 1. The van der Waals surface area contributed by atoms with E-state index in [4.69, 9.17) is 4.74 Å². The van der Waals surface area contributed by atoms with Crippen molar-refractivity contribution < 1.29 is 24.5 Å². The smallest absolute Gasteiger partial charge is 0.343 e. The van der Waals surface area contributed by atoms with Crippen molar-refractivity contribution in [1.29, 1.82) is 0 Å². The van der Waals surface area contributed by atoms with Crippen LogP contribution in [-0.2, 0) is 14.3 Å². The van der Waals surface area contributed by atoms with Crippen molar-refractivity contribution in [2.24, 2.45) is 16.7 Å². The Morgan fingerprint density at radius 1 is 1.30 bits per heavy atom. The summed E-state index contributed by atoms with van der Waals surface area (Å²) in [5.74, 6) is -1.10. The SMILES string of the molecule is CC1(C)C(=O)CC[C@]2(C)[C@@H]1[C@@H](O)C=C1COC(=O)[C@]12O. The van der Waals surface area contributed by atoms with Crippen molar-refractivity contribution in [3.63, 3.8) is 0 Å². The molecule has 2 fully saturated rings. The van der Waals surface area contributed by atoms with Crippen LogP contribution in [-0.4, -0.2) is 40.3 Å². The van der Waals surface area contributed by atoms with Gasteiger partial charge in [0.05, 0.1) is 6.10 Å². The number of fused-ring (bicyclic) bond motifs is 3. The van der Waals surface area contributed by atoms with Gasteiger partial charge in [-0.2, -0.15) is 0 Å². The quantitative estimate of drug-likeness (QED) is 0.501. The molecule has 4 atom stereocenters. The molecule has 5 nitrogen and oxygen atoms in total. The molecule has 0 amide bonds. The van der Waals surface area contributed by atoms with E-state index in [1.807, 2.05) is 0 Å². The molecule has 1 saturated heterocycles. The minimum Gasteiger partial charge on any atom is -0.459 e. The van der Waals surface area contributed by atoms with Gasteiger partial charge in [-0.3, -0.25) is 4.79 Å². The van der Waals surface area contributed by atoms with E-state index < -0.39 is 34.4 Å². The van der Waals surface area contributed by atoms with Crippen molar-refractivity contribution in [1.82, 2.24) is 0 Å². The summed E-state index contributed by atoms with van der Waals surface area (Å²) in [5.41, 5.74) is -2.96. The Kier molecular flexibility index (Phi) is 2.55. The number of hydrogen-bond acceptors (Lipinski definition) is 5. The third kappa shape index (κ3) is 1.30. The molecule has 0 radical (unpaired) electrons. The molecule has 0 bridgehead atoms. The third-order valence-corrected chi connectivity index (χ3v) is 5.71. The number of aliphatic hydroxyl groups is 2. The summed E-state index contributed by atoms with van der Waals surface area (Å²) < 4.78 is 5.01. The highest BCUT2D eigenvalue weighted by Crippen LogP contribution is 2.61. The van der Waals surface area contributed by atoms with Gasteiger partial charge in [0.25, 0.3) is 0 Å². The molecule has 0 aromatic heterocycles. The van der Waals surface area contributed by atoms with Gasteiger partial charge in [0.15, 0.2) is 5.60 Å². The number of hydrogen-bond donors (Lipinski definition) is 2. The lowest BCUT2D eigenvalue weighted by Crippen LogP contribution is -2.66. The number of rotatable bonds is 0. The minimum atomic E-state index is -1.71. The number of cyclic esters (lactones) is 1. The predicted octanol–water partition coefficient (Wildman–Crippen LogP) is 0.587. The monoisotopic (exact) mass is 280 g/mol. The van der Waals surface area contributed by atoms with Gasteiger partial charge in [-0.05, 0) is 12.5 Å². The van der Waals surface area contributed by atoms with Crippen molar-refractivity contribution in [2.75, 3.05) is 6.61 Å². The molecule has 110 valence electrons. The topological polar surface area (TPSA) is 83.8 Å². The molecule has 1 heterocycles. The summed E-state index contributed by atoms with van der Waals surface area (Å²) in [6, 6.07) is 0. The molecule has 0 aromatic rings. The van der Waals surface area contributed by atoms with Crippen LogP contribution in [0.4, 0.5) is 0 Å². The van der Waals surface area contributed by atoms with Gasteiger partial charge < -0.3 is 14.9 Å². The molecule has 3 rings (SSSR count). The highest BCUT2D eigenvalue weighted by Gasteiger charge is 2.70. The maximum Gasteiger partial charge on any atom is 0.343 e. The average Bonchev–Trinajstić information content (AvgIpc) is 2.64. The average molecular weight is 280 g/mol. The molecule has 1 saturated carbocycles. The molecule has 1 aliphatic heterocycles. The molecular weight excluding hydrogens is 260 g/mol. The number of ether oxygens (including phenoxy) is 1. The molecule has 0 spiro atoms. The Hall–Kier alpha value is -1.20. The lowest BCUT2D eigenvalue weighted by molar-refractivity contribution is -0.191. The van der Waals surface area contributed by atoms with Crippen LogP contribution in [0.25, 0.3) is 0 Å². The second kappa shape index (κ2) is 3.71. The molecule has 5 heteroatoms. The Bertz CT molecular complexity index is 534. The Morgan fingerprint density at radius 3 is 2.60 bits per heavy atom. The lowest BCUT2D eigenvalue weighted by Gasteiger charge is -2.57. The van der Waals surface area contributed by atoms with Gasteiger partial charge in [-0.25, -0.2) is 4.79 Å². The lowest BCUT2D eigenvalue weighted by atomic mass is 9.46. The zero-order valence-corrected chi connectivity index (χ0v) is 12.0. The maximum absolute atomic E-state index is 12.2. The van der Waals surface area contributed by atoms with Crippen LogP contribution in [0.1, 0.15) is 33.6 Å². The summed E-state index contributed by atoms with van der Waals surface area (Å²) in [4.78, 5) is 24.3. The van der Waals surface area contributed by atoms with Crippen molar-refractivity contribution in [3.8, 4) is 0 Å². The van der Waals surface area contributed by atoms with E-state index >= 15 is 0 Å².